The molecule has 3 rings (SSSR count). The maximum Gasteiger partial charge on any atom is 0.416 e. The maximum atomic E-state index is 12.9. The van der Waals surface area contributed by atoms with Crippen molar-refractivity contribution in [2.24, 2.45) is 0 Å². The molecule has 1 N–H and O–H groups in total. The Morgan fingerprint density at radius 1 is 1.19 bits per heavy atom. The van der Waals surface area contributed by atoms with Gasteiger partial charge in [0.2, 0.25) is 0 Å². The Kier molecular flexibility index (Phi) is 5.20. The quantitative estimate of drug-likeness (QED) is 0.536. The molecule has 0 aliphatic carbocycles. The molecule has 3 nitrogen and oxygen atoms in total. The number of hydrogen-bond donors (Lipinski definition) is 1. The highest BCUT2D eigenvalue weighted by Crippen LogP contribution is 2.39. The van der Waals surface area contributed by atoms with Gasteiger partial charge < -0.3 is 9.72 Å². The summed E-state index contributed by atoms with van der Waals surface area (Å²) in [6.45, 7) is 1.85. The number of benzene rings is 2. The third-order valence-electron chi connectivity index (χ3n) is 4.54. The van der Waals surface area contributed by atoms with Gasteiger partial charge in [-0.25, -0.2) is 0 Å². The molecule has 1 aromatic heterocycles. The van der Waals surface area contributed by atoms with Crippen LogP contribution in [-0.2, 0) is 15.7 Å². The van der Waals surface area contributed by atoms with Crippen LogP contribution in [0.15, 0.2) is 42.5 Å². The molecule has 1 atom stereocenters. The smallest absolute Gasteiger partial charge is 0.416 e. The second-order valence-electron chi connectivity index (χ2n) is 6.16. The number of fused-ring (bicyclic) bond motifs is 1. The number of H-pyrrole nitrogens is 1. The predicted molar refractivity (Wildman–Crippen MR) is 98.8 cm³/mol. The van der Waals surface area contributed by atoms with E-state index in [9.17, 15) is 18.0 Å². The van der Waals surface area contributed by atoms with Crippen molar-refractivity contribution >= 4 is 28.5 Å². The summed E-state index contributed by atoms with van der Waals surface area (Å²) in [7, 11) is 1.31. The third-order valence-corrected chi connectivity index (χ3v) is 4.78. The lowest BCUT2D eigenvalue weighted by Gasteiger charge is -2.15. The minimum absolute atomic E-state index is 0.411. The SMILES string of the molecule is CCC(C(=O)OC)c1c(-c2ccc(C(F)(F)F)cc2)[nH]c2ccc(Cl)cc12. The van der Waals surface area contributed by atoms with Crippen LogP contribution in [0.25, 0.3) is 22.2 Å². The van der Waals surface area contributed by atoms with Crippen molar-refractivity contribution in [2.75, 3.05) is 7.11 Å². The lowest BCUT2D eigenvalue weighted by molar-refractivity contribution is -0.142. The molecule has 0 aliphatic heterocycles. The average Bonchev–Trinajstić information content (AvgIpc) is 3.00. The molecular formula is C20H17ClF3NO2. The van der Waals surface area contributed by atoms with E-state index in [0.717, 1.165) is 23.0 Å². The van der Waals surface area contributed by atoms with Gasteiger partial charge >= 0.3 is 12.1 Å². The number of aromatic amines is 1. The van der Waals surface area contributed by atoms with Crippen molar-refractivity contribution in [1.82, 2.24) is 4.98 Å². The first kappa shape index (κ1) is 19.3. The first-order valence-corrected chi connectivity index (χ1v) is 8.70. The molecule has 0 aliphatic rings. The molecule has 1 heterocycles. The van der Waals surface area contributed by atoms with Gasteiger partial charge in [-0.2, -0.15) is 13.2 Å². The number of alkyl halides is 3. The van der Waals surface area contributed by atoms with Crippen molar-refractivity contribution in [1.29, 1.82) is 0 Å². The van der Waals surface area contributed by atoms with Crippen molar-refractivity contribution in [3.8, 4) is 11.3 Å². The molecule has 7 heteroatoms. The molecule has 2 aromatic carbocycles. The fraction of sp³-hybridized carbons (Fsp3) is 0.250. The monoisotopic (exact) mass is 395 g/mol. The first-order valence-electron chi connectivity index (χ1n) is 8.32. The number of aromatic nitrogens is 1. The van der Waals surface area contributed by atoms with Gasteiger partial charge in [0.15, 0.2) is 0 Å². The second-order valence-corrected chi connectivity index (χ2v) is 6.60. The summed E-state index contributed by atoms with van der Waals surface area (Å²) in [5.74, 6) is -0.981. The van der Waals surface area contributed by atoms with Crippen LogP contribution < -0.4 is 0 Å². The summed E-state index contributed by atoms with van der Waals surface area (Å²) in [6, 6.07) is 10.1. The Morgan fingerprint density at radius 3 is 2.41 bits per heavy atom. The second kappa shape index (κ2) is 7.27. The van der Waals surface area contributed by atoms with Crippen molar-refractivity contribution in [2.45, 2.75) is 25.4 Å². The number of halogens is 4. The summed E-state index contributed by atoms with van der Waals surface area (Å²) in [6.07, 6.45) is -3.94. The standard InChI is InChI=1S/C20H17ClF3NO2/c1-3-14(19(26)27-2)17-15-10-13(21)8-9-16(15)25-18(17)11-4-6-12(7-5-11)20(22,23)24/h4-10,14,25H,3H2,1-2H3. The molecule has 0 bridgehead atoms. The van der Waals surface area contributed by atoms with Gasteiger partial charge in [-0.1, -0.05) is 30.7 Å². The minimum atomic E-state index is -4.41. The zero-order valence-corrected chi connectivity index (χ0v) is 15.4. The van der Waals surface area contributed by atoms with Crippen LogP contribution in [-0.4, -0.2) is 18.1 Å². The highest BCUT2D eigenvalue weighted by molar-refractivity contribution is 6.31. The van der Waals surface area contributed by atoms with E-state index in [2.05, 4.69) is 4.98 Å². The predicted octanol–water partition coefficient (Wildman–Crippen LogP) is 6.17. The van der Waals surface area contributed by atoms with Gasteiger partial charge in [0.25, 0.3) is 0 Å². The number of methoxy groups -OCH3 is 1. The van der Waals surface area contributed by atoms with Gasteiger partial charge in [0.05, 0.1) is 24.3 Å². The van der Waals surface area contributed by atoms with E-state index in [0.29, 0.717) is 28.3 Å². The third kappa shape index (κ3) is 3.67. The van der Waals surface area contributed by atoms with Crippen molar-refractivity contribution in [3.63, 3.8) is 0 Å². The number of esters is 1. The molecule has 0 radical (unpaired) electrons. The van der Waals surface area contributed by atoms with E-state index < -0.39 is 23.6 Å². The van der Waals surface area contributed by atoms with E-state index in [-0.39, 0.29) is 0 Å². The van der Waals surface area contributed by atoms with E-state index in [1.807, 2.05) is 6.92 Å². The lowest BCUT2D eigenvalue weighted by atomic mass is 9.91. The largest absolute Gasteiger partial charge is 0.469 e. The summed E-state index contributed by atoms with van der Waals surface area (Å²) in [4.78, 5) is 15.5. The highest BCUT2D eigenvalue weighted by Gasteiger charge is 2.31. The maximum absolute atomic E-state index is 12.9. The molecule has 27 heavy (non-hydrogen) atoms. The molecule has 1 unspecified atom stereocenters. The van der Waals surface area contributed by atoms with Crippen molar-refractivity contribution in [3.05, 3.63) is 58.6 Å². The van der Waals surface area contributed by atoms with Crippen molar-refractivity contribution < 1.29 is 22.7 Å². The Labute approximate surface area is 159 Å². The van der Waals surface area contributed by atoms with Crippen LogP contribution in [0.2, 0.25) is 5.02 Å². The number of carbonyl (C=O) groups is 1. The fourth-order valence-corrected chi connectivity index (χ4v) is 3.40. The summed E-state index contributed by atoms with van der Waals surface area (Å²) in [5.41, 5.74) is 1.81. The van der Waals surface area contributed by atoms with E-state index in [4.69, 9.17) is 16.3 Å². The van der Waals surface area contributed by atoms with E-state index in [1.54, 1.807) is 18.2 Å². The first-order chi connectivity index (χ1) is 12.8. The summed E-state index contributed by atoms with van der Waals surface area (Å²) >= 11 is 6.12. The van der Waals surface area contributed by atoms with Crippen LogP contribution in [0.5, 0.6) is 0 Å². The zero-order valence-electron chi connectivity index (χ0n) is 14.7. The van der Waals surface area contributed by atoms with Gasteiger partial charge in [0.1, 0.15) is 0 Å². The molecule has 0 saturated carbocycles. The molecule has 0 fully saturated rings. The van der Waals surface area contributed by atoms with Crippen LogP contribution in [0, 0.1) is 0 Å². The topological polar surface area (TPSA) is 42.1 Å². The molecule has 0 amide bonds. The Bertz CT molecular complexity index is 977. The molecule has 0 saturated heterocycles. The number of hydrogen-bond acceptors (Lipinski definition) is 2. The van der Waals surface area contributed by atoms with Gasteiger partial charge in [-0.15, -0.1) is 0 Å². The summed E-state index contributed by atoms with van der Waals surface area (Å²) < 4.78 is 43.5. The molecule has 3 aromatic rings. The van der Waals surface area contributed by atoms with Crippen LogP contribution in [0.3, 0.4) is 0 Å². The Balaban J connectivity index is 2.23. The number of rotatable bonds is 4. The van der Waals surface area contributed by atoms with E-state index >= 15 is 0 Å². The lowest BCUT2D eigenvalue weighted by Crippen LogP contribution is -2.14. The molecular weight excluding hydrogens is 379 g/mol. The summed E-state index contributed by atoms with van der Waals surface area (Å²) in [5, 5.41) is 1.25. The number of nitrogens with one attached hydrogen (secondary N) is 1. The van der Waals surface area contributed by atoms with Crippen LogP contribution in [0.4, 0.5) is 13.2 Å². The Morgan fingerprint density at radius 2 is 1.85 bits per heavy atom. The van der Waals surface area contributed by atoms with Gasteiger partial charge in [-0.3, -0.25) is 4.79 Å². The van der Waals surface area contributed by atoms with Gasteiger partial charge in [-0.05, 0) is 47.9 Å². The zero-order chi connectivity index (χ0) is 19.8. The van der Waals surface area contributed by atoms with Gasteiger partial charge in [0, 0.05) is 15.9 Å². The molecule has 142 valence electrons. The average molecular weight is 396 g/mol. The Hall–Kier alpha value is -2.47. The normalized spacial score (nSPS) is 13.0. The number of carbonyl (C=O) groups excluding carboxylic acids is 1. The highest BCUT2D eigenvalue weighted by atomic mass is 35.5. The van der Waals surface area contributed by atoms with E-state index in [1.165, 1.54) is 19.2 Å². The fourth-order valence-electron chi connectivity index (χ4n) is 3.23. The number of ether oxygens (including phenoxy) is 1. The van der Waals surface area contributed by atoms with Crippen LogP contribution in [0.1, 0.15) is 30.4 Å². The van der Waals surface area contributed by atoms with Crippen LogP contribution >= 0.6 is 11.6 Å². The molecule has 0 spiro atoms. The minimum Gasteiger partial charge on any atom is -0.469 e.